The minimum absolute atomic E-state index is 0.250. The van der Waals surface area contributed by atoms with E-state index in [-0.39, 0.29) is 11.1 Å². The van der Waals surface area contributed by atoms with E-state index in [1.54, 1.807) is 0 Å². The molecule has 0 aliphatic carbocycles. The molecule has 3 nitrogen and oxygen atoms in total. The molecule has 0 unspecified atom stereocenters. The molecule has 0 radical (unpaired) electrons. The summed E-state index contributed by atoms with van der Waals surface area (Å²) in [5, 5.41) is 0. The molecule has 2 aliphatic heterocycles. The molecule has 2 fully saturated rings. The van der Waals surface area contributed by atoms with Crippen LogP contribution in [0.5, 0.6) is 0 Å². The molecule has 7 heteroatoms. The topological polar surface area (TPSA) is 9.72 Å². The molecule has 23 heavy (non-hydrogen) atoms. The second-order valence-electron chi connectivity index (χ2n) is 8.97. The van der Waals surface area contributed by atoms with Crippen molar-refractivity contribution in [3.05, 3.63) is 30.3 Å². The third-order valence-electron chi connectivity index (χ3n) is 4.55. The molecule has 2 saturated heterocycles. The Hall–Kier alpha value is 0.859. The van der Waals surface area contributed by atoms with Crippen molar-refractivity contribution in [2.75, 3.05) is 2.48 Å². The summed E-state index contributed by atoms with van der Waals surface area (Å²) in [6.07, 6.45) is 0. The van der Waals surface area contributed by atoms with E-state index in [0.717, 1.165) is 0 Å². The SMILES string of the molecule is CC(C)(C)N1[Si](C)(C)N(C(C)(C)C)[P+]12[S][TlH][N]2c1ccccc1. The van der Waals surface area contributed by atoms with Crippen LogP contribution in [0.4, 0.5) is 5.69 Å². The molecule has 0 atom stereocenters. The van der Waals surface area contributed by atoms with Gasteiger partial charge in [0.1, 0.15) is 0 Å². The van der Waals surface area contributed by atoms with E-state index in [2.05, 4.69) is 104 Å². The van der Waals surface area contributed by atoms with Gasteiger partial charge in [-0.1, -0.05) is 0 Å². The van der Waals surface area contributed by atoms with Crippen molar-refractivity contribution in [2.45, 2.75) is 65.7 Å². The molecule has 0 N–H and O–H groups in total. The molecular formula is C16H30N3PSSiTl+. The predicted octanol–water partition coefficient (Wildman–Crippen LogP) is 5.10. The molecule has 1 aromatic carbocycles. The fraction of sp³-hybridized carbons (Fsp3) is 0.625. The van der Waals surface area contributed by atoms with Crippen LogP contribution in [0, 0.1) is 0 Å². The molecule has 3 rings (SSSR count). The molecular weight excluding hydrogens is 530 g/mol. The van der Waals surface area contributed by atoms with Gasteiger partial charge in [-0.3, -0.25) is 0 Å². The second kappa shape index (κ2) is 5.68. The quantitative estimate of drug-likeness (QED) is 0.350. The Kier molecular flexibility index (Phi) is 4.60. The van der Waals surface area contributed by atoms with Crippen molar-refractivity contribution in [3.8, 4) is 0 Å². The number of rotatable bonds is 1. The van der Waals surface area contributed by atoms with Gasteiger partial charge in [-0.05, 0) is 0 Å². The Morgan fingerprint density at radius 2 is 1.39 bits per heavy atom. The Morgan fingerprint density at radius 1 is 0.913 bits per heavy atom. The first-order valence-electron chi connectivity index (χ1n) is 8.42. The molecule has 2 heterocycles. The zero-order chi connectivity index (χ0) is 17.3. The standard InChI is InChI=1S/C16H29N3PSSi.Tl.H/c1-15(2,3)18-20(21,17-14-12-10-9-11-13-14)19(16(4,5)6)22(18,7)8;;/h9-13H,1-8H3;;/q-1;+2;. The first kappa shape index (κ1) is 18.6. The van der Waals surface area contributed by atoms with E-state index in [1.807, 2.05) is 0 Å². The van der Waals surface area contributed by atoms with Crippen LogP contribution in [0.2, 0.25) is 13.1 Å². The van der Waals surface area contributed by atoms with Crippen LogP contribution < -0.4 is 2.48 Å². The summed E-state index contributed by atoms with van der Waals surface area (Å²) in [6.45, 7) is 18.2. The second-order valence-corrected chi connectivity index (χ2v) is 35.2. The van der Waals surface area contributed by atoms with Crippen molar-refractivity contribution >= 4 is 52.0 Å². The maximum atomic E-state index is 2.99. The van der Waals surface area contributed by atoms with Gasteiger partial charge in [-0.15, -0.1) is 0 Å². The molecule has 2 aliphatic rings. The summed E-state index contributed by atoms with van der Waals surface area (Å²) in [4.78, 5) is 0. The van der Waals surface area contributed by atoms with Crippen molar-refractivity contribution in [1.29, 1.82) is 0 Å². The predicted molar refractivity (Wildman–Crippen MR) is 111 cm³/mol. The van der Waals surface area contributed by atoms with Crippen LogP contribution in [-0.2, 0) is 0 Å². The van der Waals surface area contributed by atoms with Crippen molar-refractivity contribution in [1.82, 2.24) is 8.67 Å². The minimum atomic E-state index is -1.57. The van der Waals surface area contributed by atoms with Crippen molar-refractivity contribution < 1.29 is 0 Å². The van der Waals surface area contributed by atoms with Gasteiger partial charge < -0.3 is 0 Å². The molecule has 0 saturated carbocycles. The summed E-state index contributed by atoms with van der Waals surface area (Å²) < 4.78 is 8.89. The van der Waals surface area contributed by atoms with Crippen LogP contribution in [0.3, 0.4) is 0 Å². The van der Waals surface area contributed by atoms with Crippen molar-refractivity contribution in [2.24, 2.45) is 0 Å². The van der Waals surface area contributed by atoms with Gasteiger partial charge in [-0.2, -0.15) is 0 Å². The van der Waals surface area contributed by atoms with E-state index in [0.29, 0.717) is 0 Å². The van der Waals surface area contributed by atoms with Gasteiger partial charge in [0.25, 0.3) is 0 Å². The monoisotopic (exact) mass is 560 g/mol. The molecule has 126 valence electrons. The summed E-state index contributed by atoms with van der Waals surface area (Å²) >= 11 is -1.04. The van der Waals surface area contributed by atoms with Gasteiger partial charge >= 0.3 is 159 Å². The molecule has 0 amide bonds. The maximum absolute atomic E-state index is 2.99. The zero-order valence-corrected chi connectivity index (χ0v) is 24.0. The van der Waals surface area contributed by atoms with Crippen LogP contribution in [0.15, 0.2) is 30.3 Å². The molecule has 0 aromatic heterocycles. The van der Waals surface area contributed by atoms with Crippen LogP contribution in [-0.4, -0.2) is 51.2 Å². The Balaban J connectivity index is 2.09. The summed E-state index contributed by atoms with van der Waals surface area (Å²) in [5.41, 5.74) is 1.98. The number of hydrogen-bond acceptors (Lipinski definition) is 4. The first-order valence-corrected chi connectivity index (χ1v) is 23.7. The van der Waals surface area contributed by atoms with E-state index in [9.17, 15) is 0 Å². The fourth-order valence-electron chi connectivity index (χ4n) is 4.58. The van der Waals surface area contributed by atoms with Crippen LogP contribution in [0.25, 0.3) is 0 Å². The summed E-state index contributed by atoms with van der Waals surface area (Å²) in [7, 11) is 0.844. The van der Waals surface area contributed by atoms with Gasteiger partial charge in [0.15, 0.2) is 0 Å². The molecule has 1 aromatic rings. The summed E-state index contributed by atoms with van der Waals surface area (Å²) in [5.74, 6) is 0. The van der Waals surface area contributed by atoms with E-state index in [1.165, 1.54) is 5.69 Å². The first-order chi connectivity index (χ1) is 10.4. The van der Waals surface area contributed by atoms with Crippen LogP contribution >= 0.6 is 14.8 Å². The number of anilines is 1. The number of nitrogens with zero attached hydrogens (tertiary/aromatic N) is 3. The van der Waals surface area contributed by atoms with Crippen molar-refractivity contribution in [3.63, 3.8) is 0 Å². The third kappa shape index (κ3) is 2.69. The summed E-state index contributed by atoms with van der Waals surface area (Å²) in [6, 6.07) is 11.2. The van der Waals surface area contributed by atoms with Gasteiger partial charge in [0.05, 0.1) is 0 Å². The average Bonchev–Trinajstić information content (AvgIpc) is 2.32. The van der Waals surface area contributed by atoms with Gasteiger partial charge in [-0.25, -0.2) is 0 Å². The third-order valence-corrected chi connectivity index (χ3v) is 50.7. The number of benzene rings is 1. The Morgan fingerprint density at radius 3 is 1.74 bits per heavy atom. The average molecular weight is 560 g/mol. The molecule has 0 bridgehead atoms. The van der Waals surface area contributed by atoms with Gasteiger partial charge in [0.2, 0.25) is 0 Å². The van der Waals surface area contributed by atoms with Gasteiger partial charge in [0, 0.05) is 0 Å². The van der Waals surface area contributed by atoms with E-state index < -0.39 is 38.3 Å². The zero-order valence-electron chi connectivity index (χ0n) is 15.8. The fourth-order valence-corrected chi connectivity index (χ4v) is 66.0. The van der Waals surface area contributed by atoms with E-state index >= 15 is 0 Å². The van der Waals surface area contributed by atoms with E-state index in [4.69, 9.17) is 0 Å². The Labute approximate surface area is 158 Å². The molecule has 1 spiro atoms. The number of hydrogen-bond donors (Lipinski definition) is 0. The Bertz CT molecular complexity index is 576. The number of para-hydroxylation sites is 1. The normalized spacial score (nSPS) is 24.1. The van der Waals surface area contributed by atoms with Crippen LogP contribution in [0.1, 0.15) is 41.5 Å².